The van der Waals surface area contributed by atoms with Crippen LogP contribution >= 0.6 is 0 Å². The van der Waals surface area contributed by atoms with Crippen LogP contribution in [0.4, 0.5) is 10.1 Å². The standard InChI is InChI=1S/C10H12FNO2/c1-2-3-9(13)7-4-6(11)5-8(12)10(7)14/h4-5,14H,2-3,12H2,1H3. The van der Waals surface area contributed by atoms with Crippen molar-refractivity contribution in [2.24, 2.45) is 0 Å². The number of carbonyl (C=O) groups is 1. The Hall–Kier alpha value is -1.58. The fourth-order valence-electron chi connectivity index (χ4n) is 1.19. The minimum Gasteiger partial charge on any atom is -0.505 e. The van der Waals surface area contributed by atoms with E-state index in [9.17, 15) is 14.3 Å². The van der Waals surface area contributed by atoms with Crippen LogP contribution in [0.15, 0.2) is 12.1 Å². The largest absolute Gasteiger partial charge is 0.505 e. The quantitative estimate of drug-likeness (QED) is 0.443. The summed E-state index contributed by atoms with van der Waals surface area (Å²) in [6, 6.07) is 1.99. The van der Waals surface area contributed by atoms with Crippen molar-refractivity contribution >= 4 is 11.5 Å². The van der Waals surface area contributed by atoms with Crippen molar-refractivity contribution in [3.05, 3.63) is 23.5 Å². The number of phenolic OH excluding ortho intramolecular Hbond substituents is 1. The molecule has 0 atom stereocenters. The molecule has 1 rings (SSSR count). The van der Waals surface area contributed by atoms with Gasteiger partial charge in [0.05, 0.1) is 11.3 Å². The summed E-state index contributed by atoms with van der Waals surface area (Å²) >= 11 is 0. The van der Waals surface area contributed by atoms with Gasteiger partial charge < -0.3 is 10.8 Å². The molecular formula is C10H12FNO2. The highest BCUT2D eigenvalue weighted by Gasteiger charge is 2.14. The van der Waals surface area contributed by atoms with E-state index < -0.39 is 5.82 Å². The van der Waals surface area contributed by atoms with Gasteiger partial charge in [-0.1, -0.05) is 6.92 Å². The number of carbonyl (C=O) groups excluding carboxylic acids is 1. The molecule has 0 unspecified atom stereocenters. The van der Waals surface area contributed by atoms with Gasteiger partial charge in [0.2, 0.25) is 0 Å². The first-order valence-corrected chi connectivity index (χ1v) is 4.37. The molecule has 3 N–H and O–H groups in total. The molecule has 0 aliphatic rings. The molecule has 0 amide bonds. The van der Waals surface area contributed by atoms with Crippen molar-refractivity contribution in [3.8, 4) is 5.75 Å². The summed E-state index contributed by atoms with van der Waals surface area (Å²) in [6.07, 6.45) is 0.922. The third-order valence-corrected chi connectivity index (χ3v) is 1.88. The maximum Gasteiger partial charge on any atom is 0.166 e. The van der Waals surface area contributed by atoms with Crippen LogP contribution in [-0.4, -0.2) is 10.9 Å². The number of nitrogens with two attached hydrogens (primary N) is 1. The first-order valence-electron chi connectivity index (χ1n) is 4.37. The maximum atomic E-state index is 12.9. The van der Waals surface area contributed by atoms with E-state index in [2.05, 4.69) is 0 Å². The molecule has 0 fully saturated rings. The molecule has 1 aromatic carbocycles. The molecule has 0 spiro atoms. The van der Waals surface area contributed by atoms with Gasteiger partial charge in [0.25, 0.3) is 0 Å². The van der Waals surface area contributed by atoms with Crippen LogP contribution in [0.5, 0.6) is 5.75 Å². The summed E-state index contributed by atoms with van der Waals surface area (Å²) in [4.78, 5) is 11.4. The van der Waals surface area contributed by atoms with E-state index in [-0.39, 0.29) is 29.2 Å². The van der Waals surface area contributed by atoms with Crippen molar-refractivity contribution in [2.45, 2.75) is 19.8 Å². The summed E-state index contributed by atoms with van der Waals surface area (Å²) in [5.41, 5.74) is 5.17. The van der Waals surface area contributed by atoms with Crippen LogP contribution < -0.4 is 5.73 Å². The van der Waals surface area contributed by atoms with E-state index in [0.717, 1.165) is 12.1 Å². The number of phenols is 1. The molecule has 0 aliphatic heterocycles. The Morgan fingerprint density at radius 3 is 2.79 bits per heavy atom. The summed E-state index contributed by atoms with van der Waals surface area (Å²) in [7, 11) is 0. The Kier molecular flexibility index (Phi) is 3.06. The van der Waals surface area contributed by atoms with Crippen molar-refractivity contribution in [2.75, 3.05) is 5.73 Å². The van der Waals surface area contributed by atoms with Crippen LogP contribution in [0.2, 0.25) is 0 Å². The smallest absolute Gasteiger partial charge is 0.166 e. The second kappa shape index (κ2) is 4.09. The number of benzene rings is 1. The molecule has 76 valence electrons. The first kappa shape index (κ1) is 10.5. The summed E-state index contributed by atoms with van der Waals surface area (Å²) in [5, 5.41) is 9.41. The summed E-state index contributed by atoms with van der Waals surface area (Å²) < 4.78 is 12.9. The molecule has 0 aromatic heterocycles. The summed E-state index contributed by atoms with van der Waals surface area (Å²) in [6.45, 7) is 1.83. The van der Waals surface area contributed by atoms with Crippen molar-refractivity contribution in [1.82, 2.24) is 0 Å². The van der Waals surface area contributed by atoms with Crippen molar-refractivity contribution in [3.63, 3.8) is 0 Å². The number of aromatic hydroxyl groups is 1. The Labute approximate surface area is 81.4 Å². The highest BCUT2D eigenvalue weighted by atomic mass is 19.1. The number of hydrogen-bond donors (Lipinski definition) is 2. The second-order valence-electron chi connectivity index (χ2n) is 3.06. The van der Waals surface area contributed by atoms with Crippen LogP contribution in [0, 0.1) is 5.82 Å². The monoisotopic (exact) mass is 197 g/mol. The zero-order chi connectivity index (χ0) is 10.7. The molecule has 1 aromatic rings. The van der Waals surface area contributed by atoms with Gasteiger partial charge in [0, 0.05) is 12.5 Å². The van der Waals surface area contributed by atoms with E-state index in [1.165, 1.54) is 0 Å². The molecule has 0 saturated heterocycles. The molecule has 4 heteroatoms. The molecular weight excluding hydrogens is 185 g/mol. The number of rotatable bonds is 3. The lowest BCUT2D eigenvalue weighted by molar-refractivity contribution is 0.0979. The fourth-order valence-corrected chi connectivity index (χ4v) is 1.19. The van der Waals surface area contributed by atoms with Gasteiger partial charge in [-0.05, 0) is 12.5 Å². The van der Waals surface area contributed by atoms with E-state index in [1.807, 2.05) is 6.92 Å². The lowest BCUT2D eigenvalue weighted by atomic mass is 10.0. The normalized spacial score (nSPS) is 10.1. The number of hydrogen-bond acceptors (Lipinski definition) is 3. The molecule has 0 bridgehead atoms. The van der Waals surface area contributed by atoms with Crippen molar-refractivity contribution < 1.29 is 14.3 Å². The third kappa shape index (κ3) is 2.02. The zero-order valence-electron chi connectivity index (χ0n) is 7.88. The number of ketones is 1. The van der Waals surface area contributed by atoms with E-state index in [1.54, 1.807) is 0 Å². The summed E-state index contributed by atoms with van der Waals surface area (Å²) in [5.74, 6) is -1.24. The maximum absolute atomic E-state index is 12.9. The molecule has 0 radical (unpaired) electrons. The van der Waals surface area contributed by atoms with E-state index >= 15 is 0 Å². The number of nitrogen functional groups attached to an aromatic ring is 1. The first-order chi connectivity index (χ1) is 6.56. The average molecular weight is 197 g/mol. The molecule has 0 aliphatic carbocycles. The SMILES string of the molecule is CCCC(=O)c1cc(F)cc(N)c1O. The molecule has 0 heterocycles. The Bertz CT molecular complexity index is 363. The third-order valence-electron chi connectivity index (χ3n) is 1.88. The Morgan fingerprint density at radius 1 is 1.57 bits per heavy atom. The number of anilines is 1. The van der Waals surface area contributed by atoms with Gasteiger partial charge in [0.15, 0.2) is 5.78 Å². The highest BCUT2D eigenvalue weighted by Crippen LogP contribution is 2.27. The van der Waals surface area contributed by atoms with Gasteiger partial charge >= 0.3 is 0 Å². The fraction of sp³-hybridized carbons (Fsp3) is 0.300. The van der Waals surface area contributed by atoms with Crippen LogP contribution in [0.3, 0.4) is 0 Å². The predicted octanol–water partition coefficient (Wildman–Crippen LogP) is 2.10. The Morgan fingerprint density at radius 2 is 2.21 bits per heavy atom. The van der Waals surface area contributed by atoms with Gasteiger partial charge in [-0.2, -0.15) is 0 Å². The van der Waals surface area contributed by atoms with Gasteiger partial charge in [0.1, 0.15) is 11.6 Å². The minimum atomic E-state index is -0.611. The van der Waals surface area contributed by atoms with Gasteiger partial charge in [-0.25, -0.2) is 4.39 Å². The Balaban J connectivity index is 3.13. The molecule has 3 nitrogen and oxygen atoms in total. The van der Waals surface area contributed by atoms with Crippen LogP contribution in [0.25, 0.3) is 0 Å². The second-order valence-corrected chi connectivity index (χ2v) is 3.06. The molecule has 0 saturated carbocycles. The topological polar surface area (TPSA) is 63.3 Å². The molecule has 14 heavy (non-hydrogen) atoms. The van der Waals surface area contributed by atoms with Crippen LogP contribution in [-0.2, 0) is 0 Å². The van der Waals surface area contributed by atoms with Gasteiger partial charge in [-0.15, -0.1) is 0 Å². The minimum absolute atomic E-state index is 0.0376. The van der Waals surface area contributed by atoms with Gasteiger partial charge in [-0.3, -0.25) is 4.79 Å². The zero-order valence-corrected chi connectivity index (χ0v) is 7.88. The number of Topliss-reactive ketones (excluding diaryl/α,β-unsaturated/α-hetero) is 1. The number of halogens is 1. The van der Waals surface area contributed by atoms with E-state index in [4.69, 9.17) is 5.73 Å². The predicted molar refractivity (Wildman–Crippen MR) is 51.7 cm³/mol. The highest BCUT2D eigenvalue weighted by molar-refractivity contribution is 6.00. The lowest BCUT2D eigenvalue weighted by Crippen LogP contribution is -2.01. The lowest BCUT2D eigenvalue weighted by Gasteiger charge is -2.05. The average Bonchev–Trinajstić information content (AvgIpc) is 2.11. The van der Waals surface area contributed by atoms with E-state index in [0.29, 0.717) is 6.42 Å². The van der Waals surface area contributed by atoms with Crippen LogP contribution in [0.1, 0.15) is 30.1 Å². The van der Waals surface area contributed by atoms with Crippen molar-refractivity contribution in [1.29, 1.82) is 0 Å².